The monoisotopic (exact) mass is 427 g/mol. The number of aliphatic imine (C=N–C) groups is 1. The van der Waals surface area contributed by atoms with Crippen LogP contribution >= 0.6 is 0 Å². The van der Waals surface area contributed by atoms with E-state index < -0.39 is 10.0 Å². The van der Waals surface area contributed by atoms with E-state index in [4.69, 9.17) is 4.74 Å². The van der Waals surface area contributed by atoms with Crippen molar-refractivity contribution < 1.29 is 13.2 Å². The van der Waals surface area contributed by atoms with Gasteiger partial charge in [-0.1, -0.05) is 0 Å². The van der Waals surface area contributed by atoms with Crippen LogP contribution in [0.15, 0.2) is 4.99 Å². The van der Waals surface area contributed by atoms with Gasteiger partial charge in [-0.3, -0.25) is 4.99 Å². The molecule has 2 aliphatic heterocycles. The molecular weight excluding hydrogens is 394 g/mol. The second kappa shape index (κ2) is 10.4. The van der Waals surface area contributed by atoms with E-state index in [1.807, 2.05) is 18.5 Å². The number of hydrogen-bond acceptors (Lipinski definition) is 6. The fourth-order valence-corrected chi connectivity index (χ4v) is 4.52. The zero-order chi connectivity index (χ0) is 20.7. The van der Waals surface area contributed by atoms with E-state index in [1.54, 1.807) is 0 Å². The van der Waals surface area contributed by atoms with Gasteiger partial charge in [-0.05, 0) is 39.5 Å². The Kier molecular flexibility index (Phi) is 7.84. The summed E-state index contributed by atoms with van der Waals surface area (Å²) in [5, 5.41) is 11.0. The minimum Gasteiger partial charge on any atom is -0.377 e. The van der Waals surface area contributed by atoms with Gasteiger partial charge in [-0.25, -0.2) is 22.8 Å². The minimum atomic E-state index is -3.38. The summed E-state index contributed by atoms with van der Waals surface area (Å²) in [6, 6.07) is 0.180. The summed E-state index contributed by atoms with van der Waals surface area (Å²) in [6.07, 6.45) is 4.83. The van der Waals surface area contributed by atoms with Crippen molar-refractivity contribution in [3.05, 3.63) is 11.6 Å². The summed E-state index contributed by atoms with van der Waals surface area (Å²) >= 11 is 0. The number of fused-ring (bicyclic) bond motifs is 1. The molecule has 1 aromatic heterocycles. The summed E-state index contributed by atoms with van der Waals surface area (Å²) in [5.74, 6) is 2.38. The summed E-state index contributed by atoms with van der Waals surface area (Å²) in [5.41, 5.74) is 0. The van der Waals surface area contributed by atoms with Gasteiger partial charge >= 0.3 is 0 Å². The van der Waals surface area contributed by atoms with Gasteiger partial charge < -0.3 is 15.4 Å². The number of aryl methyl sites for hydroxylation is 2. The number of sulfonamides is 1. The first-order chi connectivity index (χ1) is 13.9. The SMILES string of the molecule is CCNC(=NCCS(=O)(=O)NCC1CCCCO1)NC1CCc2nc(C)nn2C1. The quantitative estimate of drug-likeness (QED) is 0.392. The topological polar surface area (TPSA) is 123 Å². The van der Waals surface area contributed by atoms with Gasteiger partial charge in [-0.15, -0.1) is 0 Å². The van der Waals surface area contributed by atoms with Crippen LogP contribution in [0.1, 0.15) is 44.3 Å². The fraction of sp³-hybridized carbons (Fsp3) is 0.833. The van der Waals surface area contributed by atoms with Crippen LogP contribution in [-0.2, 0) is 27.7 Å². The average Bonchev–Trinajstić information content (AvgIpc) is 3.06. The van der Waals surface area contributed by atoms with Crippen LogP contribution in [-0.4, -0.2) is 73.3 Å². The molecule has 0 amide bonds. The second-order valence-corrected chi connectivity index (χ2v) is 9.48. The number of ether oxygens (including phenoxy) is 1. The molecule has 3 rings (SSSR count). The van der Waals surface area contributed by atoms with Crippen molar-refractivity contribution in [2.24, 2.45) is 4.99 Å². The Balaban J connectivity index is 1.47. The lowest BCUT2D eigenvalue weighted by atomic mass is 10.1. The molecular formula is C18H33N7O3S. The average molecular weight is 428 g/mol. The maximum absolute atomic E-state index is 12.2. The molecule has 0 aromatic carbocycles. The van der Waals surface area contributed by atoms with E-state index in [-0.39, 0.29) is 24.4 Å². The summed E-state index contributed by atoms with van der Waals surface area (Å²) in [4.78, 5) is 8.87. The second-order valence-electron chi connectivity index (χ2n) is 7.55. The standard InChI is InChI=1S/C18H33N7O3S/c1-3-19-18(23-15-7-8-17-22-14(2)24-25(17)13-15)20-9-11-29(26,27)21-12-16-6-4-5-10-28-16/h15-16,21H,3-13H2,1-2H3,(H2,19,20,23). The Bertz CT molecular complexity index is 787. The third kappa shape index (κ3) is 6.93. The normalized spacial score (nSPS) is 22.9. The van der Waals surface area contributed by atoms with Gasteiger partial charge in [0.05, 0.1) is 24.9 Å². The molecule has 164 valence electrons. The van der Waals surface area contributed by atoms with E-state index in [0.717, 1.165) is 50.3 Å². The number of nitrogens with zero attached hydrogens (tertiary/aromatic N) is 4. The van der Waals surface area contributed by atoms with Crippen molar-refractivity contribution in [1.29, 1.82) is 0 Å². The lowest BCUT2D eigenvalue weighted by Crippen LogP contribution is -2.47. The molecule has 1 fully saturated rings. The first kappa shape index (κ1) is 22.0. The van der Waals surface area contributed by atoms with Gasteiger partial charge in [0.15, 0.2) is 5.96 Å². The van der Waals surface area contributed by atoms with Crippen LogP contribution in [0.2, 0.25) is 0 Å². The molecule has 0 spiro atoms. The molecule has 2 unspecified atom stereocenters. The van der Waals surface area contributed by atoms with E-state index >= 15 is 0 Å². The highest BCUT2D eigenvalue weighted by Crippen LogP contribution is 2.13. The maximum Gasteiger partial charge on any atom is 0.213 e. The first-order valence-corrected chi connectivity index (χ1v) is 12.1. The number of nitrogens with one attached hydrogen (secondary N) is 3. The Morgan fingerprint density at radius 3 is 2.97 bits per heavy atom. The van der Waals surface area contributed by atoms with Crippen LogP contribution in [0.5, 0.6) is 0 Å². The first-order valence-electron chi connectivity index (χ1n) is 10.5. The summed E-state index contributed by atoms with van der Waals surface area (Å²) in [7, 11) is -3.38. The van der Waals surface area contributed by atoms with Gasteiger partial charge in [-0.2, -0.15) is 5.10 Å². The van der Waals surface area contributed by atoms with E-state index in [0.29, 0.717) is 25.7 Å². The molecule has 11 heteroatoms. The molecule has 0 saturated carbocycles. The Morgan fingerprint density at radius 2 is 2.21 bits per heavy atom. The number of rotatable bonds is 8. The molecule has 3 N–H and O–H groups in total. The van der Waals surface area contributed by atoms with Gasteiger partial charge in [0.25, 0.3) is 0 Å². The van der Waals surface area contributed by atoms with Crippen LogP contribution in [0, 0.1) is 6.92 Å². The number of guanidine groups is 1. The third-order valence-corrected chi connectivity index (χ3v) is 6.41. The van der Waals surface area contributed by atoms with E-state index in [2.05, 4.69) is 30.4 Å². The Labute approximate surface area is 173 Å². The smallest absolute Gasteiger partial charge is 0.213 e. The van der Waals surface area contributed by atoms with Crippen LogP contribution < -0.4 is 15.4 Å². The molecule has 10 nitrogen and oxygen atoms in total. The molecule has 2 atom stereocenters. The molecule has 1 aromatic rings. The highest BCUT2D eigenvalue weighted by atomic mass is 32.2. The van der Waals surface area contributed by atoms with Gasteiger partial charge in [0.2, 0.25) is 10.0 Å². The van der Waals surface area contributed by atoms with E-state index in [9.17, 15) is 8.42 Å². The highest BCUT2D eigenvalue weighted by molar-refractivity contribution is 7.89. The van der Waals surface area contributed by atoms with Crippen molar-refractivity contribution >= 4 is 16.0 Å². The highest BCUT2D eigenvalue weighted by Gasteiger charge is 2.22. The van der Waals surface area contributed by atoms with Crippen LogP contribution in [0.3, 0.4) is 0 Å². The van der Waals surface area contributed by atoms with Crippen molar-refractivity contribution in [2.45, 2.75) is 64.6 Å². The van der Waals surface area contributed by atoms with Gasteiger partial charge in [0.1, 0.15) is 11.6 Å². The Hall–Kier alpha value is -1.72. The number of hydrogen-bond donors (Lipinski definition) is 3. The maximum atomic E-state index is 12.2. The molecule has 29 heavy (non-hydrogen) atoms. The van der Waals surface area contributed by atoms with Crippen molar-refractivity contribution in [2.75, 3.05) is 32.0 Å². The summed E-state index contributed by atoms with van der Waals surface area (Å²) < 4.78 is 34.6. The molecule has 0 bridgehead atoms. The van der Waals surface area contributed by atoms with Gasteiger partial charge in [0, 0.05) is 32.2 Å². The minimum absolute atomic E-state index is 0.0161. The summed E-state index contributed by atoms with van der Waals surface area (Å²) in [6.45, 7) is 6.56. The predicted molar refractivity (Wildman–Crippen MR) is 111 cm³/mol. The zero-order valence-corrected chi connectivity index (χ0v) is 18.2. The fourth-order valence-electron chi connectivity index (χ4n) is 3.60. The predicted octanol–water partition coefficient (Wildman–Crippen LogP) is -0.0551. The van der Waals surface area contributed by atoms with Crippen molar-refractivity contribution in [3.63, 3.8) is 0 Å². The molecule has 2 aliphatic rings. The molecule has 0 radical (unpaired) electrons. The Morgan fingerprint density at radius 1 is 1.34 bits per heavy atom. The lowest BCUT2D eigenvalue weighted by molar-refractivity contribution is 0.0200. The zero-order valence-electron chi connectivity index (χ0n) is 17.4. The molecule has 3 heterocycles. The van der Waals surface area contributed by atoms with Crippen LogP contribution in [0.4, 0.5) is 0 Å². The lowest BCUT2D eigenvalue weighted by Gasteiger charge is -2.25. The number of aromatic nitrogens is 3. The largest absolute Gasteiger partial charge is 0.377 e. The molecule has 1 saturated heterocycles. The van der Waals surface area contributed by atoms with Crippen molar-refractivity contribution in [3.8, 4) is 0 Å². The molecule has 0 aliphatic carbocycles. The third-order valence-electron chi connectivity index (χ3n) is 5.08. The van der Waals surface area contributed by atoms with E-state index in [1.165, 1.54) is 0 Å². The van der Waals surface area contributed by atoms with Crippen molar-refractivity contribution in [1.82, 2.24) is 30.1 Å². The van der Waals surface area contributed by atoms with Crippen LogP contribution in [0.25, 0.3) is 0 Å².